The Kier molecular flexibility index (Phi) is 4.30. The van der Waals surface area contributed by atoms with Gasteiger partial charge in [-0.25, -0.2) is 9.78 Å². The molecule has 0 atom stereocenters. The molecule has 0 aliphatic heterocycles. The van der Waals surface area contributed by atoms with Crippen molar-refractivity contribution in [3.63, 3.8) is 0 Å². The summed E-state index contributed by atoms with van der Waals surface area (Å²) in [5.74, 6) is 0. The molecule has 26 heavy (non-hydrogen) atoms. The molecule has 0 spiro atoms. The number of benzene rings is 2. The topological polar surface area (TPSA) is 82.7 Å². The summed E-state index contributed by atoms with van der Waals surface area (Å²) in [4.78, 5) is 23.5. The Morgan fingerprint density at radius 3 is 2.62 bits per heavy atom. The average Bonchev–Trinajstić information content (AvgIpc) is 3.17. The van der Waals surface area contributed by atoms with E-state index in [4.69, 9.17) is 0 Å². The number of aromatic nitrogens is 3. The zero-order valence-electron chi connectivity index (χ0n) is 13.9. The quantitative estimate of drug-likeness (QED) is 0.525. The molecule has 2 aromatic carbocycles. The van der Waals surface area contributed by atoms with Crippen molar-refractivity contribution in [3.05, 3.63) is 78.9 Å². The van der Waals surface area contributed by atoms with Gasteiger partial charge in [-0.05, 0) is 41.5 Å². The Bertz CT molecular complexity index is 1020. The highest BCUT2D eigenvalue weighted by Crippen LogP contribution is 2.27. The molecule has 4 aromatic rings. The summed E-state index contributed by atoms with van der Waals surface area (Å²) in [5.41, 5.74) is 5.76. The van der Waals surface area contributed by atoms with Gasteiger partial charge in [0, 0.05) is 30.2 Å². The first-order valence-corrected chi connectivity index (χ1v) is 8.26. The predicted molar refractivity (Wildman–Crippen MR) is 102 cm³/mol. The second kappa shape index (κ2) is 7.06. The number of hydrogen-bond donors (Lipinski definition) is 3. The van der Waals surface area contributed by atoms with Crippen LogP contribution in [0.25, 0.3) is 22.2 Å². The van der Waals surface area contributed by atoms with Gasteiger partial charge in [0.2, 0.25) is 0 Å². The number of pyridine rings is 1. The minimum absolute atomic E-state index is 0.246. The number of para-hydroxylation sites is 1. The van der Waals surface area contributed by atoms with Gasteiger partial charge in [-0.2, -0.15) is 0 Å². The van der Waals surface area contributed by atoms with Gasteiger partial charge >= 0.3 is 6.03 Å². The molecule has 6 heteroatoms. The highest BCUT2D eigenvalue weighted by atomic mass is 16.2. The number of urea groups is 1. The van der Waals surface area contributed by atoms with Gasteiger partial charge in [0.15, 0.2) is 0 Å². The predicted octanol–water partition coefficient (Wildman–Crippen LogP) is 3.95. The number of imidazole rings is 1. The van der Waals surface area contributed by atoms with Crippen molar-refractivity contribution in [2.75, 3.05) is 5.32 Å². The fourth-order valence-corrected chi connectivity index (χ4v) is 2.79. The summed E-state index contributed by atoms with van der Waals surface area (Å²) in [6.45, 7) is 0.452. The zero-order valence-corrected chi connectivity index (χ0v) is 13.9. The van der Waals surface area contributed by atoms with Crippen LogP contribution in [0, 0.1) is 0 Å². The van der Waals surface area contributed by atoms with Crippen LogP contribution in [0.5, 0.6) is 0 Å². The average molecular weight is 343 g/mol. The summed E-state index contributed by atoms with van der Waals surface area (Å²) in [6, 6.07) is 17.2. The molecule has 0 fully saturated rings. The van der Waals surface area contributed by atoms with Crippen molar-refractivity contribution in [2.24, 2.45) is 0 Å². The van der Waals surface area contributed by atoms with Crippen molar-refractivity contribution in [3.8, 4) is 11.1 Å². The van der Waals surface area contributed by atoms with Crippen molar-refractivity contribution in [1.29, 1.82) is 0 Å². The third-order valence-electron chi connectivity index (χ3n) is 4.11. The van der Waals surface area contributed by atoms with Crippen LogP contribution >= 0.6 is 0 Å². The first kappa shape index (κ1) is 15.8. The molecule has 128 valence electrons. The lowest BCUT2D eigenvalue weighted by molar-refractivity contribution is 0.251. The number of amides is 2. The van der Waals surface area contributed by atoms with E-state index in [1.165, 1.54) is 0 Å². The van der Waals surface area contributed by atoms with Gasteiger partial charge in [0.05, 0.1) is 17.4 Å². The standard InChI is InChI=1S/C20H17N5O/c26-20(22-12-14-8-10-21-11-9-14)25-16-6-4-15(5-7-16)17-2-1-3-18-19(17)24-13-23-18/h1-11,13H,12H2,(H,23,24)(H2,22,25,26). The molecule has 0 unspecified atom stereocenters. The second-order valence-electron chi connectivity index (χ2n) is 5.84. The monoisotopic (exact) mass is 343 g/mol. The molecule has 0 bridgehead atoms. The van der Waals surface area contributed by atoms with E-state index in [1.807, 2.05) is 54.6 Å². The normalized spacial score (nSPS) is 10.6. The van der Waals surface area contributed by atoms with E-state index < -0.39 is 0 Å². The lowest BCUT2D eigenvalue weighted by atomic mass is 10.0. The SMILES string of the molecule is O=C(NCc1ccncc1)Nc1ccc(-c2cccc3[nH]cnc23)cc1. The van der Waals surface area contributed by atoms with Crippen LogP contribution < -0.4 is 10.6 Å². The zero-order chi connectivity index (χ0) is 17.8. The number of H-pyrrole nitrogens is 1. The third kappa shape index (κ3) is 3.39. The third-order valence-corrected chi connectivity index (χ3v) is 4.11. The minimum atomic E-state index is -0.246. The van der Waals surface area contributed by atoms with Crippen LogP contribution in [0.4, 0.5) is 10.5 Å². The van der Waals surface area contributed by atoms with E-state index in [2.05, 4.69) is 25.6 Å². The lowest BCUT2D eigenvalue weighted by Gasteiger charge is -2.09. The van der Waals surface area contributed by atoms with Gasteiger partial charge in [0.25, 0.3) is 0 Å². The van der Waals surface area contributed by atoms with E-state index in [-0.39, 0.29) is 6.03 Å². The number of carbonyl (C=O) groups excluding carboxylic acids is 1. The molecule has 0 saturated carbocycles. The smallest absolute Gasteiger partial charge is 0.319 e. The van der Waals surface area contributed by atoms with Crippen LogP contribution in [0.1, 0.15) is 5.56 Å². The first-order valence-electron chi connectivity index (χ1n) is 8.26. The maximum Gasteiger partial charge on any atom is 0.319 e. The van der Waals surface area contributed by atoms with Gasteiger partial charge < -0.3 is 15.6 Å². The Morgan fingerprint density at radius 2 is 1.81 bits per heavy atom. The Morgan fingerprint density at radius 1 is 1.00 bits per heavy atom. The van der Waals surface area contributed by atoms with Crippen LogP contribution in [-0.4, -0.2) is 21.0 Å². The number of rotatable bonds is 4. The van der Waals surface area contributed by atoms with Crippen molar-refractivity contribution >= 4 is 22.8 Å². The van der Waals surface area contributed by atoms with Gasteiger partial charge in [-0.1, -0.05) is 24.3 Å². The van der Waals surface area contributed by atoms with Gasteiger partial charge in [0.1, 0.15) is 0 Å². The maximum atomic E-state index is 12.0. The van der Waals surface area contributed by atoms with Crippen molar-refractivity contribution in [1.82, 2.24) is 20.3 Å². The number of fused-ring (bicyclic) bond motifs is 1. The Hall–Kier alpha value is -3.67. The molecule has 4 rings (SSSR count). The summed E-state index contributed by atoms with van der Waals surface area (Å²) >= 11 is 0. The number of carbonyl (C=O) groups is 1. The highest BCUT2D eigenvalue weighted by molar-refractivity contribution is 5.93. The molecule has 0 radical (unpaired) electrons. The summed E-state index contributed by atoms with van der Waals surface area (Å²) in [7, 11) is 0. The van der Waals surface area contributed by atoms with Crippen LogP contribution in [-0.2, 0) is 6.54 Å². The summed E-state index contributed by atoms with van der Waals surface area (Å²) in [6.07, 6.45) is 5.10. The molecule has 0 aliphatic rings. The number of aromatic amines is 1. The molecule has 3 N–H and O–H groups in total. The Balaban J connectivity index is 1.43. The summed E-state index contributed by atoms with van der Waals surface area (Å²) < 4.78 is 0. The van der Waals surface area contributed by atoms with E-state index in [0.29, 0.717) is 6.54 Å². The second-order valence-corrected chi connectivity index (χ2v) is 5.84. The van der Waals surface area contributed by atoms with Crippen LogP contribution in [0.15, 0.2) is 73.3 Å². The first-order chi connectivity index (χ1) is 12.8. The van der Waals surface area contributed by atoms with E-state index in [9.17, 15) is 4.79 Å². The fraction of sp³-hybridized carbons (Fsp3) is 0.0500. The van der Waals surface area contributed by atoms with Crippen LogP contribution in [0.2, 0.25) is 0 Å². The molecule has 0 saturated heterocycles. The molecule has 2 aromatic heterocycles. The maximum absolute atomic E-state index is 12.0. The highest BCUT2D eigenvalue weighted by Gasteiger charge is 2.07. The summed E-state index contributed by atoms with van der Waals surface area (Å²) in [5, 5.41) is 5.66. The van der Waals surface area contributed by atoms with Gasteiger partial charge in [-0.3, -0.25) is 4.98 Å². The fourth-order valence-electron chi connectivity index (χ4n) is 2.79. The lowest BCUT2D eigenvalue weighted by Crippen LogP contribution is -2.28. The van der Waals surface area contributed by atoms with Gasteiger partial charge in [-0.15, -0.1) is 0 Å². The van der Waals surface area contributed by atoms with Crippen LogP contribution in [0.3, 0.4) is 0 Å². The Labute approximate surface area is 150 Å². The van der Waals surface area contributed by atoms with E-state index in [1.54, 1.807) is 18.7 Å². The number of anilines is 1. The number of nitrogens with one attached hydrogen (secondary N) is 3. The number of hydrogen-bond acceptors (Lipinski definition) is 3. The molecule has 0 aliphatic carbocycles. The molecular weight excluding hydrogens is 326 g/mol. The molecule has 2 amide bonds. The van der Waals surface area contributed by atoms with E-state index >= 15 is 0 Å². The minimum Gasteiger partial charge on any atom is -0.345 e. The number of nitrogens with zero attached hydrogens (tertiary/aromatic N) is 2. The molecular formula is C20H17N5O. The largest absolute Gasteiger partial charge is 0.345 e. The van der Waals surface area contributed by atoms with Crippen molar-refractivity contribution in [2.45, 2.75) is 6.54 Å². The van der Waals surface area contributed by atoms with Crippen molar-refractivity contribution < 1.29 is 4.79 Å². The molecule has 2 heterocycles. The molecule has 6 nitrogen and oxygen atoms in total. The van der Waals surface area contributed by atoms with E-state index in [0.717, 1.165) is 33.4 Å².